The molecule has 0 saturated carbocycles. The second-order valence-corrected chi connectivity index (χ2v) is 5.35. The Balaban J connectivity index is 3.51. The second-order valence-electron chi connectivity index (χ2n) is 1.23. The molecular formula is C8H6Hg. The molecule has 0 aromatic rings. The Kier molecular flexibility index (Phi) is 7.15. The van der Waals surface area contributed by atoms with Crippen LogP contribution in [0.3, 0.4) is 0 Å². The summed E-state index contributed by atoms with van der Waals surface area (Å²) in [5.74, 6) is 5.57. The van der Waals surface area contributed by atoms with Crippen LogP contribution in [0.5, 0.6) is 0 Å². The van der Waals surface area contributed by atoms with Crippen molar-refractivity contribution in [3.8, 4) is 18.7 Å². The van der Waals surface area contributed by atoms with E-state index in [1.165, 1.54) is 0 Å². The zero-order chi connectivity index (χ0) is 6.95. The number of allylic oxidation sites excluding steroid dienone is 2. The van der Waals surface area contributed by atoms with E-state index in [4.69, 9.17) is 0 Å². The van der Waals surface area contributed by atoms with Crippen molar-refractivity contribution in [1.82, 2.24) is 0 Å². The van der Waals surface area contributed by atoms with Crippen molar-refractivity contribution in [2.75, 3.05) is 0 Å². The first-order valence-electron chi connectivity index (χ1n) is 2.60. The Morgan fingerprint density at radius 1 is 1.00 bits per heavy atom. The average Bonchev–Trinajstić information content (AvgIpc) is 1.89. The topological polar surface area (TPSA) is 0 Å². The monoisotopic (exact) mass is 304 g/mol. The Morgan fingerprint density at radius 2 is 1.44 bits per heavy atom. The Bertz CT molecular complexity index is 180. The summed E-state index contributed by atoms with van der Waals surface area (Å²) in [6.45, 7) is 6.94. The van der Waals surface area contributed by atoms with E-state index in [1.54, 1.807) is 12.2 Å². The van der Waals surface area contributed by atoms with Gasteiger partial charge >= 0.3 is 68.6 Å². The fourth-order valence-corrected chi connectivity index (χ4v) is 2.55. The second kappa shape index (κ2) is 7.54. The summed E-state index contributed by atoms with van der Waals surface area (Å²) in [5.41, 5.74) is 0. The average molecular weight is 303 g/mol. The van der Waals surface area contributed by atoms with Crippen molar-refractivity contribution in [3.05, 3.63) is 25.3 Å². The maximum absolute atomic E-state index is 3.47. The van der Waals surface area contributed by atoms with Gasteiger partial charge in [-0.25, -0.2) is 0 Å². The molecule has 0 aliphatic heterocycles. The van der Waals surface area contributed by atoms with Crippen molar-refractivity contribution >= 4 is 0 Å². The van der Waals surface area contributed by atoms with E-state index in [2.05, 4.69) is 31.9 Å². The first kappa shape index (κ1) is 8.54. The van der Waals surface area contributed by atoms with Gasteiger partial charge in [0.15, 0.2) is 0 Å². The van der Waals surface area contributed by atoms with Crippen molar-refractivity contribution in [1.29, 1.82) is 0 Å². The minimum atomic E-state index is -1.12. The fourth-order valence-electron chi connectivity index (χ4n) is 0.291. The van der Waals surface area contributed by atoms with Crippen molar-refractivity contribution in [2.45, 2.75) is 0 Å². The molecule has 1 heteroatoms. The third kappa shape index (κ3) is 7.54. The zero-order valence-corrected chi connectivity index (χ0v) is 10.8. The summed E-state index contributed by atoms with van der Waals surface area (Å²) in [4.78, 5) is 0. The van der Waals surface area contributed by atoms with Gasteiger partial charge in [0.1, 0.15) is 0 Å². The van der Waals surface area contributed by atoms with Gasteiger partial charge in [-0.3, -0.25) is 0 Å². The third-order valence-corrected chi connectivity index (χ3v) is 3.55. The van der Waals surface area contributed by atoms with Gasteiger partial charge in [0.2, 0.25) is 0 Å². The molecule has 0 unspecified atom stereocenters. The van der Waals surface area contributed by atoms with Crippen molar-refractivity contribution in [2.24, 2.45) is 0 Å². The summed E-state index contributed by atoms with van der Waals surface area (Å²) in [5, 5.41) is 0. The Hall–Kier alpha value is -0.465. The molecule has 0 aromatic carbocycles. The van der Waals surface area contributed by atoms with Gasteiger partial charge in [0.25, 0.3) is 0 Å². The standard InChI is InChI=1S/2C4H3.Hg/c2*1-3-4-2;/h2*3H,1H2;. The molecule has 0 N–H and O–H groups in total. The van der Waals surface area contributed by atoms with Gasteiger partial charge in [-0.2, -0.15) is 0 Å². The molecule has 0 fully saturated rings. The van der Waals surface area contributed by atoms with Crippen LogP contribution in [0.1, 0.15) is 0 Å². The van der Waals surface area contributed by atoms with Gasteiger partial charge in [0.05, 0.1) is 0 Å². The van der Waals surface area contributed by atoms with E-state index in [1.807, 2.05) is 0 Å². The molecule has 0 amide bonds. The Morgan fingerprint density at radius 3 is 1.78 bits per heavy atom. The molecule has 0 aromatic heterocycles. The molecule has 0 aliphatic carbocycles. The minimum absolute atomic E-state index is 1.12. The SMILES string of the molecule is C=CC#[C][Hg][C]#CC=C. The van der Waals surface area contributed by atoms with E-state index >= 15 is 0 Å². The first-order valence-corrected chi connectivity index (χ1v) is 8.10. The van der Waals surface area contributed by atoms with Crippen molar-refractivity contribution < 1.29 is 24.6 Å². The van der Waals surface area contributed by atoms with Crippen LogP contribution in [0, 0.1) is 18.7 Å². The van der Waals surface area contributed by atoms with Gasteiger partial charge in [0, 0.05) is 0 Å². The number of hydrogen-bond acceptors (Lipinski definition) is 0. The molecule has 0 spiro atoms. The molecule has 0 atom stereocenters. The number of rotatable bonds is 0. The predicted molar refractivity (Wildman–Crippen MR) is 35.9 cm³/mol. The van der Waals surface area contributed by atoms with Crippen LogP contribution in [0.25, 0.3) is 0 Å². The van der Waals surface area contributed by atoms with Crippen LogP contribution >= 0.6 is 0 Å². The summed E-state index contributed by atoms with van der Waals surface area (Å²) >= 11 is -1.12. The molecule has 0 nitrogen and oxygen atoms in total. The Labute approximate surface area is 68.5 Å². The fraction of sp³-hybridized carbons (Fsp3) is 0. The summed E-state index contributed by atoms with van der Waals surface area (Å²) in [6, 6.07) is 0. The van der Waals surface area contributed by atoms with E-state index in [-0.39, 0.29) is 0 Å². The van der Waals surface area contributed by atoms with Gasteiger partial charge in [-0.15, -0.1) is 0 Å². The third-order valence-electron chi connectivity index (χ3n) is 0.585. The molecule has 0 radical (unpaired) electrons. The molecule has 0 aliphatic rings. The van der Waals surface area contributed by atoms with E-state index in [9.17, 15) is 0 Å². The molecular weight excluding hydrogens is 297 g/mol. The molecule has 0 saturated heterocycles. The van der Waals surface area contributed by atoms with E-state index in [0.29, 0.717) is 0 Å². The molecule has 40 valence electrons. The van der Waals surface area contributed by atoms with Crippen molar-refractivity contribution in [3.63, 3.8) is 0 Å². The normalized spacial score (nSPS) is 4.44. The van der Waals surface area contributed by atoms with E-state index < -0.39 is 24.6 Å². The molecule has 0 rings (SSSR count). The molecule has 0 bridgehead atoms. The first-order chi connectivity index (χ1) is 4.41. The van der Waals surface area contributed by atoms with Crippen LogP contribution < -0.4 is 0 Å². The van der Waals surface area contributed by atoms with Crippen LogP contribution in [0.4, 0.5) is 0 Å². The number of hydrogen-bond donors (Lipinski definition) is 0. The van der Waals surface area contributed by atoms with Gasteiger partial charge < -0.3 is 0 Å². The van der Waals surface area contributed by atoms with Crippen LogP contribution in [0.15, 0.2) is 25.3 Å². The van der Waals surface area contributed by atoms with Gasteiger partial charge in [-0.05, 0) is 0 Å². The van der Waals surface area contributed by atoms with Crippen LogP contribution in [0.2, 0.25) is 0 Å². The maximum atomic E-state index is 3.47. The zero-order valence-electron chi connectivity index (χ0n) is 5.28. The van der Waals surface area contributed by atoms with Crippen LogP contribution in [-0.2, 0) is 24.6 Å². The van der Waals surface area contributed by atoms with E-state index in [0.717, 1.165) is 0 Å². The predicted octanol–water partition coefficient (Wildman–Crippen LogP) is 1.36. The van der Waals surface area contributed by atoms with Gasteiger partial charge in [-0.1, -0.05) is 0 Å². The van der Waals surface area contributed by atoms with Crippen LogP contribution in [-0.4, -0.2) is 0 Å². The quantitative estimate of drug-likeness (QED) is 0.468. The summed E-state index contributed by atoms with van der Waals surface area (Å²) < 4.78 is 6.01. The summed E-state index contributed by atoms with van der Waals surface area (Å²) in [7, 11) is 0. The molecule has 9 heavy (non-hydrogen) atoms. The molecule has 0 heterocycles. The summed E-state index contributed by atoms with van der Waals surface area (Å²) in [6.07, 6.45) is 3.21.